The van der Waals surface area contributed by atoms with Crippen LogP contribution in [-0.2, 0) is 6.42 Å². The van der Waals surface area contributed by atoms with Crippen LogP contribution in [0.4, 0.5) is 15.9 Å². The monoisotopic (exact) mass is 365 g/mol. The fourth-order valence-electron chi connectivity index (χ4n) is 3.48. The number of fused-ring (bicyclic) bond motifs is 1. The number of likely N-dealkylation sites (N-methyl/N-ethyl adjacent to an activating group) is 1. The van der Waals surface area contributed by atoms with Gasteiger partial charge in [-0.2, -0.15) is 0 Å². The number of anilines is 1. The van der Waals surface area contributed by atoms with Crippen molar-refractivity contribution in [1.29, 1.82) is 0 Å². The first kappa shape index (κ1) is 17.4. The summed E-state index contributed by atoms with van der Waals surface area (Å²) in [6, 6.07) is 3.47. The van der Waals surface area contributed by atoms with Crippen molar-refractivity contribution in [2.75, 3.05) is 38.1 Å². The van der Waals surface area contributed by atoms with Gasteiger partial charge in [0, 0.05) is 31.7 Å². The Hall–Kier alpha value is -2.98. The van der Waals surface area contributed by atoms with Crippen molar-refractivity contribution >= 4 is 17.6 Å². The fraction of sp³-hybridized carbons (Fsp3) is 0.350. The first-order valence-electron chi connectivity index (χ1n) is 8.89. The predicted octanol–water partition coefficient (Wildman–Crippen LogP) is 3.67. The molecule has 4 rings (SSSR count). The maximum absolute atomic E-state index is 14.9. The quantitative estimate of drug-likeness (QED) is 0.777. The molecule has 0 N–H and O–H groups in total. The highest BCUT2D eigenvalue weighted by Gasteiger charge is 2.24. The standard InChI is InChI=1S/C20H20FN5O/c1-13-10-14-4-5-16(17(21)15(14)11-13)27-20-18(22-2)19(23-12-24-20)26-8-6-25(3)7-9-26/h4-5,11-12H,6-10H2,1,3H3. The van der Waals surface area contributed by atoms with Crippen molar-refractivity contribution in [1.82, 2.24) is 14.9 Å². The van der Waals surface area contributed by atoms with E-state index in [0.717, 1.165) is 43.7 Å². The zero-order chi connectivity index (χ0) is 19.0. The number of ether oxygens (including phenoxy) is 1. The van der Waals surface area contributed by atoms with Gasteiger partial charge in [-0.05, 0) is 32.0 Å². The van der Waals surface area contributed by atoms with Crippen LogP contribution in [-0.4, -0.2) is 48.1 Å². The molecule has 27 heavy (non-hydrogen) atoms. The van der Waals surface area contributed by atoms with Crippen LogP contribution in [0.3, 0.4) is 0 Å². The summed E-state index contributed by atoms with van der Waals surface area (Å²) in [4.78, 5) is 16.2. The minimum Gasteiger partial charge on any atom is -0.446 e. The van der Waals surface area contributed by atoms with E-state index < -0.39 is 5.82 Å². The number of hydrogen-bond acceptors (Lipinski definition) is 5. The van der Waals surface area contributed by atoms with Crippen molar-refractivity contribution < 1.29 is 9.13 Å². The highest BCUT2D eigenvalue weighted by molar-refractivity contribution is 5.72. The SMILES string of the molecule is [C-]#[N+]c1c(Oc2ccc3c(c2F)C=C(C)C3)ncnc1N1CCN(C)CC1. The van der Waals surface area contributed by atoms with Crippen LogP contribution in [0.15, 0.2) is 24.0 Å². The van der Waals surface area contributed by atoms with E-state index in [2.05, 4.69) is 26.8 Å². The smallest absolute Gasteiger partial charge is 0.288 e. The van der Waals surface area contributed by atoms with Crippen LogP contribution in [0, 0.1) is 12.4 Å². The van der Waals surface area contributed by atoms with Crippen LogP contribution in [0.2, 0.25) is 0 Å². The number of benzene rings is 1. The molecular formula is C20H20FN5O. The molecule has 0 amide bonds. The number of hydrogen-bond donors (Lipinski definition) is 0. The Balaban J connectivity index is 1.67. The van der Waals surface area contributed by atoms with Crippen molar-refractivity contribution in [3.05, 3.63) is 52.4 Å². The zero-order valence-corrected chi connectivity index (χ0v) is 15.4. The summed E-state index contributed by atoms with van der Waals surface area (Å²) >= 11 is 0. The van der Waals surface area contributed by atoms with E-state index in [4.69, 9.17) is 11.3 Å². The van der Waals surface area contributed by atoms with Crippen LogP contribution >= 0.6 is 0 Å². The van der Waals surface area contributed by atoms with Crippen molar-refractivity contribution in [3.8, 4) is 11.6 Å². The van der Waals surface area contributed by atoms with E-state index in [-0.39, 0.29) is 17.3 Å². The molecule has 1 saturated heterocycles. The van der Waals surface area contributed by atoms with Gasteiger partial charge < -0.3 is 14.5 Å². The predicted molar refractivity (Wildman–Crippen MR) is 102 cm³/mol. The molecule has 0 bridgehead atoms. The lowest BCUT2D eigenvalue weighted by molar-refractivity contribution is 0.312. The minimum absolute atomic E-state index is 0.0765. The Morgan fingerprint density at radius 1 is 1.19 bits per heavy atom. The van der Waals surface area contributed by atoms with Crippen LogP contribution in [0.1, 0.15) is 18.1 Å². The molecule has 6 nitrogen and oxygen atoms in total. The summed E-state index contributed by atoms with van der Waals surface area (Å²) in [5.74, 6) is 0.291. The first-order valence-corrected chi connectivity index (χ1v) is 8.89. The van der Waals surface area contributed by atoms with Crippen molar-refractivity contribution in [2.45, 2.75) is 13.3 Å². The molecule has 0 spiro atoms. The second kappa shape index (κ2) is 6.97. The normalized spacial score (nSPS) is 16.7. The third kappa shape index (κ3) is 3.24. The van der Waals surface area contributed by atoms with Crippen molar-refractivity contribution in [3.63, 3.8) is 0 Å². The summed E-state index contributed by atoms with van der Waals surface area (Å²) in [6.07, 6.45) is 3.96. The molecule has 1 aromatic carbocycles. The van der Waals surface area contributed by atoms with Gasteiger partial charge in [0.05, 0.1) is 6.57 Å². The molecule has 2 aromatic rings. The summed E-state index contributed by atoms with van der Waals surface area (Å²) < 4.78 is 20.6. The number of aromatic nitrogens is 2. The van der Waals surface area contributed by atoms with E-state index in [1.54, 1.807) is 6.07 Å². The zero-order valence-electron chi connectivity index (χ0n) is 15.4. The van der Waals surface area contributed by atoms with Crippen LogP contribution < -0.4 is 9.64 Å². The third-order valence-electron chi connectivity index (χ3n) is 4.99. The number of halogens is 1. The molecule has 1 fully saturated rings. The summed E-state index contributed by atoms with van der Waals surface area (Å²) in [5.41, 5.74) is 2.84. The molecule has 0 radical (unpaired) electrons. The Morgan fingerprint density at radius 3 is 2.70 bits per heavy atom. The second-order valence-corrected chi connectivity index (χ2v) is 6.97. The molecule has 7 heteroatoms. The first-order chi connectivity index (χ1) is 13.1. The molecule has 2 heterocycles. The number of nitrogens with zero attached hydrogens (tertiary/aromatic N) is 5. The van der Waals surface area contributed by atoms with E-state index in [9.17, 15) is 4.39 Å². The molecule has 0 unspecified atom stereocenters. The lowest BCUT2D eigenvalue weighted by Gasteiger charge is -2.33. The maximum Gasteiger partial charge on any atom is 0.288 e. The largest absolute Gasteiger partial charge is 0.446 e. The van der Waals surface area contributed by atoms with E-state index in [1.807, 2.05) is 24.0 Å². The highest BCUT2D eigenvalue weighted by Crippen LogP contribution is 2.39. The average Bonchev–Trinajstić information content (AvgIpc) is 3.06. The second-order valence-electron chi connectivity index (χ2n) is 6.97. The number of rotatable bonds is 3. The molecular weight excluding hydrogens is 345 g/mol. The fourth-order valence-corrected chi connectivity index (χ4v) is 3.48. The maximum atomic E-state index is 14.9. The molecule has 1 aromatic heterocycles. The van der Waals surface area contributed by atoms with Gasteiger partial charge in [0.1, 0.15) is 12.1 Å². The van der Waals surface area contributed by atoms with Gasteiger partial charge in [-0.1, -0.05) is 17.7 Å². The molecule has 138 valence electrons. The van der Waals surface area contributed by atoms with Gasteiger partial charge in [-0.15, -0.1) is 0 Å². The third-order valence-corrected chi connectivity index (χ3v) is 4.99. The summed E-state index contributed by atoms with van der Waals surface area (Å²) in [5, 5.41) is 0. The van der Waals surface area contributed by atoms with Gasteiger partial charge in [-0.25, -0.2) is 19.2 Å². The minimum atomic E-state index is -0.417. The summed E-state index contributed by atoms with van der Waals surface area (Å²) in [6.45, 7) is 12.9. The molecule has 1 aliphatic heterocycles. The van der Waals surface area contributed by atoms with Gasteiger partial charge in [-0.3, -0.25) is 0 Å². The Labute approximate surface area is 157 Å². The highest BCUT2D eigenvalue weighted by atomic mass is 19.1. The van der Waals surface area contributed by atoms with Crippen LogP contribution in [0.5, 0.6) is 11.6 Å². The van der Waals surface area contributed by atoms with Crippen LogP contribution in [0.25, 0.3) is 10.9 Å². The van der Waals surface area contributed by atoms with Gasteiger partial charge in [0.15, 0.2) is 11.6 Å². The van der Waals surface area contributed by atoms with Gasteiger partial charge >= 0.3 is 0 Å². The molecule has 0 atom stereocenters. The topological polar surface area (TPSA) is 45.9 Å². The lowest BCUT2D eigenvalue weighted by Crippen LogP contribution is -2.44. The molecule has 2 aliphatic rings. The molecule has 1 aliphatic carbocycles. The lowest BCUT2D eigenvalue weighted by atomic mass is 10.1. The van der Waals surface area contributed by atoms with Crippen molar-refractivity contribution in [2.24, 2.45) is 0 Å². The van der Waals surface area contributed by atoms with Gasteiger partial charge in [0.25, 0.3) is 5.69 Å². The Bertz CT molecular complexity index is 958. The van der Waals surface area contributed by atoms with Gasteiger partial charge in [0.2, 0.25) is 5.88 Å². The van der Waals surface area contributed by atoms with E-state index in [0.29, 0.717) is 11.4 Å². The number of allylic oxidation sites excluding steroid dienone is 1. The Kier molecular flexibility index (Phi) is 4.50. The van der Waals surface area contributed by atoms with E-state index in [1.165, 1.54) is 6.33 Å². The number of piperazine rings is 1. The summed E-state index contributed by atoms with van der Waals surface area (Å²) in [7, 11) is 2.06. The average molecular weight is 365 g/mol. The molecule has 0 saturated carbocycles. The Morgan fingerprint density at radius 2 is 1.96 bits per heavy atom. The van der Waals surface area contributed by atoms with E-state index >= 15 is 0 Å².